The van der Waals surface area contributed by atoms with Crippen molar-refractivity contribution in [3.63, 3.8) is 0 Å². The molecular weight excluding hydrogens is 292 g/mol. The van der Waals surface area contributed by atoms with Crippen LogP contribution in [-0.4, -0.2) is 47.6 Å². The molecule has 2 fully saturated rings. The van der Waals surface area contributed by atoms with Crippen LogP contribution in [0.5, 0.6) is 0 Å². The van der Waals surface area contributed by atoms with Crippen LogP contribution in [0.25, 0.3) is 0 Å². The van der Waals surface area contributed by atoms with Crippen LogP contribution in [0.3, 0.4) is 0 Å². The maximum absolute atomic E-state index is 12.6. The average molecular weight is 324 g/mol. The van der Waals surface area contributed by atoms with Crippen molar-refractivity contribution in [1.29, 1.82) is 0 Å². The summed E-state index contributed by atoms with van der Waals surface area (Å²) in [5.74, 6) is 0.960. The van der Waals surface area contributed by atoms with Gasteiger partial charge < -0.3 is 15.3 Å². The number of carbonyl (C=O) groups is 2. The fourth-order valence-electron chi connectivity index (χ4n) is 3.60. The number of hydrogen-bond donors (Lipinski definition) is 2. The number of aliphatic hydroxyl groups excluding tert-OH is 1. The van der Waals surface area contributed by atoms with Gasteiger partial charge >= 0.3 is 0 Å². The lowest BCUT2D eigenvalue weighted by atomic mass is 9.84. The quantitative estimate of drug-likeness (QED) is 0.830. The Bertz CT molecular complexity index is 422. The lowest BCUT2D eigenvalue weighted by molar-refractivity contribution is -0.135. The van der Waals surface area contributed by atoms with Gasteiger partial charge in [-0.15, -0.1) is 0 Å². The molecule has 0 radical (unpaired) electrons. The molecule has 2 amide bonds. The first-order valence-corrected chi connectivity index (χ1v) is 9.02. The van der Waals surface area contributed by atoms with Gasteiger partial charge in [-0.25, -0.2) is 0 Å². The molecule has 0 aromatic heterocycles. The third kappa shape index (κ3) is 4.93. The van der Waals surface area contributed by atoms with Gasteiger partial charge in [-0.1, -0.05) is 20.8 Å². The maximum atomic E-state index is 12.6. The minimum atomic E-state index is -0.357. The lowest BCUT2D eigenvalue weighted by Gasteiger charge is -2.32. The fourth-order valence-corrected chi connectivity index (χ4v) is 3.60. The van der Waals surface area contributed by atoms with E-state index in [4.69, 9.17) is 5.11 Å². The SMILES string of the molecule is CC(C)(C)C(=O)NC1CCC(C(=O)N2CC[C@H](CCO)C2)CC1. The summed E-state index contributed by atoms with van der Waals surface area (Å²) in [4.78, 5) is 26.6. The van der Waals surface area contributed by atoms with Crippen molar-refractivity contribution in [3.05, 3.63) is 0 Å². The van der Waals surface area contributed by atoms with Crippen LogP contribution in [0, 0.1) is 17.3 Å². The molecule has 1 aliphatic carbocycles. The fraction of sp³-hybridized carbons (Fsp3) is 0.889. The Morgan fingerprint density at radius 3 is 2.35 bits per heavy atom. The molecule has 132 valence electrons. The standard InChI is InChI=1S/C18H32N2O3/c1-18(2,3)17(23)19-15-6-4-14(5-7-15)16(22)20-10-8-13(12-20)9-11-21/h13-15,21H,4-12H2,1-3H3,(H,19,23)/t13-,14?,15?/m1/s1. The van der Waals surface area contributed by atoms with E-state index >= 15 is 0 Å². The molecule has 2 rings (SSSR count). The molecule has 5 heteroatoms. The van der Waals surface area contributed by atoms with E-state index in [0.717, 1.165) is 51.6 Å². The number of nitrogens with zero attached hydrogens (tertiary/aromatic N) is 1. The summed E-state index contributed by atoms with van der Waals surface area (Å²) in [7, 11) is 0. The molecule has 5 nitrogen and oxygen atoms in total. The Kier molecular flexibility index (Phi) is 6.06. The van der Waals surface area contributed by atoms with Gasteiger partial charge in [0.15, 0.2) is 0 Å². The van der Waals surface area contributed by atoms with Crippen molar-refractivity contribution >= 4 is 11.8 Å². The van der Waals surface area contributed by atoms with Crippen LogP contribution < -0.4 is 5.32 Å². The van der Waals surface area contributed by atoms with Gasteiger partial charge in [-0.05, 0) is 44.4 Å². The van der Waals surface area contributed by atoms with Crippen molar-refractivity contribution in [2.45, 2.75) is 65.3 Å². The monoisotopic (exact) mass is 324 g/mol. The highest BCUT2D eigenvalue weighted by Crippen LogP contribution is 2.29. The molecule has 1 atom stereocenters. The molecule has 2 aliphatic rings. The van der Waals surface area contributed by atoms with Crippen molar-refractivity contribution in [2.24, 2.45) is 17.3 Å². The second-order valence-electron chi connectivity index (χ2n) is 8.22. The van der Waals surface area contributed by atoms with E-state index in [-0.39, 0.29) is 35.8 Å². The van der Waals surface area contributed by atoms with Crippen molar-refractivity contribution in [2.75, 3.05) is 19.7 Å². The summed E-state index contributed by atoms with van der Waals surface area (Å²) in [6.07, 6.45) is 5.35. The highest BCUT2D eigenvalue weighted by molar-refractivity contribution is 5.82. The first-order valence-electron chi connectivity index (χ1n) is 9.02. The van der Waals surface area contributed by atoms with E-state index in [2.05, 4.69) is 5.32 Å². The lowest BCUT2D eigenvalue weighted by Crippen LogP contribution is -2.45. The Morgan fingerprint density at radius 1 is 1.13 bits per heavy atom. The topological polar surface area (TPSA) is 69.6 Å². The number of likely N-dealkylation sites (tertiary alicyclic amines) is 1. The molecule has 0 aromatic rings. The second-order valence-corrected chi connectivity index (χ2v) is 8.22. The van der Waals surface area contributed by atoms with E-state index in [0.29, 0.717) is 5.92 Å². The molecule has 2 N–H and O–H groups in total. The zero-order valence-corrected chi connectivity index (χ0v) is 14.8. The molecule has 0 unspecified atom stereocenters. The van der Waals surface area contributed by atoms with Crippen molar-refractivity contribution in [3.8, 4) is 0 Å². The first kappa shape index (κ1) is 18.2. The zero-order chi connectivity index (χ0) is 17.0. The predicted octanol–water partition coefficient (Wildman–Crippen LogP) is 1.94. The Balaban J connectivity index is 1.76. The van der Waals surface area contributed by atoms with Gasteiger partial charge in [0.05, 0.1) is 0 Å². The first-order chi connectivity index (χ1) is 10.8. The van der Waals surface area contributed by atoms with Crippen LogP contribution in [0.4, 0.5) is 0 Å². The molecule has 23 heavy (non-hydrogen) atoms. The highest BCUT2D eigenvalue weighted by atomic mass is 16.3. The minimum absolute atomic E-state index is 0.0960. The smallest absolute Gasteiger partial charge is 0.225 e. The maximum Gasteiger partial charge on any atom is 0.225 e. The summed E-state index contributed by atoms with van der Waals surface area (Å²) in [5, 5.41) is 12.1. The van der Waals surface area contributed by atoms with Gasteiger partial charge in [0.1, 0.15) is 0 Å². The number of hydrogen-bond acceptors (Lipinski definition) is 3. The summed E-state index contributed by atoms with van der Waals surface area (Å²) < 4.78 is 0. The number of amides is 2. The summed E-state index contributed by atoms with van der Waals surface area (Å²) in [6, 6.07) is 0.214. The summed E-state index contributed by atoms with van der Waals surface area (Å²) in [6.45, 7) is 7.63. The third-order valence-corrected chi connectivity index (χ3v) is 5.23. The van der Waals surface area contributed by atoms with E-state index in [1.54, 1.807) is 0 Å². The van der Waals surface area contributed by atoms with E-state index in [9.17, 15) is 9.59 Å². The van der Waals surface area contributed by atoms with Crippen molar-refractivity contribution in [1.82, 2.24) is 10.2 Å². The second kappa shape index (κ2) is 7.65. The molecular formula is C18H32N2O3. The molecule has 0 bridgehead atoms. The summed E-state index contributed by atoms with van der Waals surface area (Å²) >= 11 is 0. The van der Waals surface area contributed by atoms with Gasteiger partial charge in [-0.2, -0.15) is 0 Å². The highest BCUT2D eigenvalue weighted by Gasteiger charge is 2.34. The van der Waals surface area contributed by atoms with Gasteiger partial charge in [0.25, 0.3) is 0 Å². The predicted molar refractivity (Wildman–Crippen MR) is 89.7 cm³/mol. The summed E-state index contributed by atoms with van der Waals surface area (Å²) in [5.41, 5.74) is -0.357. The Labute approximate surface area is 139 Å². The largest absolute Gasteiger partial charge is 0.396 e. The Morgan fingerprint density at radius 2 is 1.78 bits per heavy atom. The molecule has 1 heterocycles. The van der Waals surface area contributed by atoms with Gasteiger partial charge in [0, 0.05) is 37.1 Å². The molecule has 0 spiro atoms. The zero-order valence-electron chi connectivity index (χ0n) is 14.8. The number of rotatable bonds is 4. The average Bonchev–Trinajstić information content (AvgIpc) is 2.95. The van der Waals surface area contributed by atoms with Gasteiger partial charge in [0.2, 0.25) is 11.8 Å². The van der Waals surface area contributed by atoms with Gasteiger partial charge in [-0.3, -0.25) is 9.59 Å². The molecule has 1 aliphatic heterocycles. The molecule has 0 aromatic carbocycles. The number of nitrogens with one attached hydrogen (secondary N) is 1. The normalized spacial score (nSPS) is 28.7. The third-order valence-electron chi connectivity index (χ3n) is 5.23. The van der Waals surface area contributed by atoms with Crippen LogP contribution in [-0.2, 0) is 9.59 Å². The van der Waals surface area contributed by atoms with E-state index in [1.165, 1.54) is 0 Å². The van der Waals surface area contributed by atoms with Crippen LogP contribution in [0.2, 0.25) is 0 Å². The minimum Gasteiger partial charge on any atom is -0.396 e. The molecule has 1 saturated heterocycles. The van der Waals surface area contributed by atoms with Crippen LogP contribution in [0.1, 0.15) is 59.3 Å². The Hall–Kier alpha value is -1.10. The number of carbonyl (C=O) groups excluding carboxylic acids is 2. The molecule has 1 saturated carbocycles. The number of aliphatic hydroxyl groups is 1. The van der Waals surface area contributed by atoms with Crippen molar-refractivity contribution < 1.29 is 14.7 Å². The van der Waals surface area contributed by atoms with E-state index < -0.39 is 0 Å². The van der Waals surface area contributed by atoms with E-state index in [1.807, 2.05) is 25.7 Å². The van der Waals surface area contributed by atoms with Crippen LogP contribution >= 0.6 is 0 Å². The van der Waals surface area contributed by atoms with Crippen LogP contribution in [0.15, 0.2) is 0 Å².